The summed E-state index contributed by atoms with van der Waals surface area (Å²) >= 11 is 12.0. The van der Waals surface area contributed by atoms with Crippen LogP contribution in [-0.2, 0) is 0 Å². The topological polar surface area (TPSA) is 42.1 Å². The lowest BCUT2D eigenvalue weighted by molar-refractivity contribution is 0.453. The Labute approximate surface area is 111 Å². The third-order valence-corrected chi connectivity index (χ3v) is 4.49. The number of pyridine rings is 1. The van der Waals surface area contributed by atoms with E-state index in [0.717, 1.165) is 25.3 Å². The molecule has 1 aliphatic heterocycles. The Balaban J connectivity index is 1.83. The van der Waals surface area contributed by atoms with Gasteiger partial charge in [-0.1, -0.05) is 23.2 Å². The van der Waals surface area contributed by atoms with Crippen molar-refractivity contribution in [3.63, 3.8) is 0 Å². The van der Waals surface area contributed by atoms with E-state index < -0.39 is 0 Å². The highest BCUT2D eigenvalue weighted by molar-refractivity contribution is 6.36. The van der Waals surface area contributed by atoms with Crippen molar-refractivity contribution in [3.05, 3.63) is 22.3 Å². The van der Waals surface area contributed by atoms with Crippen LogP contribution in [0.15, 0.2) is 12.3 Å². The first-order chi connectivity index (χ1) is 8.15. The molecule has 0 bridgehead atoms. The Morgan fingerprint density at radius 2 is 2.12 bits per heavy atom. The normalized spacial score (nSPS) is 31.9. The zero-order chi connectivity index (χ0) is 12.0. The molecule has 1 saturated heterocycles. The molecule has 2 heterocycles. The fraction of sp³-hybridized carbons (Fsp3) is 0.583. The molecule has 2 fully saturated rings. The van der Waals surface area contributed by atoms with Crippen molar-refractivity contribution < 1.29 is 0 Å². The first-order valence-corrected chi connectivity index (χ1v) is 6.72. The molecule has 0 aromatic carbocycles. The van der Waals surface area contributed by atoms with Crippen LogP contribution in [0.2, 0.25) is 10.0 Å². The van der Waals surface area contributed by atoms with Crippen molar-refractivity contribution in [3.8, 4) is 0 Å². The van der Waals surface area contributed by atoms with E-state index in [-0.39, 0.29) is 0 Å². The van der Waals surface area contributed by atoms with Gasteiger partial charge in [0.1, 0.15) is 5.82 Å². The van der Waals surface area contributed by atoms with Crippen molar-refractivity contribution >= 4 is 29.0 Å². The molecule has 0 spiro atoms. The van der Waals surface area contributed by atoms with Gasteiger partial charge in [-0.3, -0.25) is 0 Å². The van der Waals surface area contributed by atoms with Crippen LogP contribution in [-0.4, -0.2) is 24.1 Å². The number of hydrogen-bond acceptors (Lipinski definition) is 3. The molecule has 3 nitrogen and oxygen atoms in total. The van der Waals surface area contributed by atoms with Crippen LogP contribution in [0.4, 0.5) is 5.82 Å². The molecule has 3 atom stereocenters. The van der Waals surface area contributed by atoms with Crippen molar-refractivity contribution in [2.75, 3.05) is 18.0 Å². The van der Waals surface area contributed by atoms with Gasteiger partial charge in [0.2, 0.25) is 0 Å². The second-order valence-corrected chi connectivity index (χ2v) is 5.87. The van der Waals surface area contributed by atoms with Gasteiger partial charge in [-0.25, -0.2) is 4.98 Å². The standard InChI is InChI=1S/C12H15Cl2N3/c13-8-3-10(14)12(16-4-8)17-5-7-1-2-11(15)9(7)6-17/h3-4,7,9,11H,1-2,5-6,15H2. The van der Waals surface area contributed by atoms with Gasteiger partial charge in [0.05, 0.1) is 10.0 Å². The number of anilines is 1. The Hall–Kier alpha value is -0.510. The number of halogens is 2. The van der Waals surface area contributed by atoms with Crippen LogP contribution in [0.3, 0.4) is 0 Å². The summed E-state index contributed by atoms with van der Waals surface area (Å²) in [5, 5.41) is 1.21. The molecule has 1 saturated carbocycles. The molecule has 0 radical (unpaired) electrons. The summed E-state index contributed by atoms with van der Waals surface area (Å²) in [6, 6.07) is 2.09. The van der Waals surface area contributed by atoms with E-state index in [9.17, 15) is 0 Å². The predicted octanol–water partition coefficient (Wildman–Crippen LogP) is 2.56. The number of aromatic nitrogens is 1. The Morgan fingerprint density at radius 3 is 2.82 bits per heavy atom. The van der Waals surface area contributed by atoms with Crippen LogP contribution >= 0.6 is 23.2 Å². The summed E-state index contributed by atoms with van der Waals surface area (Å²) in [6.07, 6.45) is 4.04. The van der Waals surface area contributed by atoms with Crippen LogP contribution in [0.25, 0.3) is 0 Å². The molecule has 1 aromatic heterocycles. The zero-order valence-electron chi connectivity index (χ0n) is 9.44. The van der Waals surface area contributed by atoms with Gasteiger partial charge in [-0.05, 0) is 30.7 Å². The highest BCUT2D eigenvalue weighted by atomic mass is 35.5. The first-order valence-electron chi connectivity index (χ1n) is 5.96. The fourth-order valence-corrected chi connectivity index (χ4v) is 3.62. The lowest BCUT2D eigenvalue weighted by atomic mass is 9.98. The van der Waals surface area contributed by atoms with Gasteiger partial charge in [0.25, 0.3) is 0 Å². The molecule has 1 aliphatic carbocycles. The maximum absolute atomic E-state index is 6.18. The Kier molecular flexibility index (Phi) is 2.93. The summed E-state index contributed by atoms with van der Waals surface area (Å²) in [5.41, 5.74) is 6.12. The van der Waals surface area contributed by atoms with Gasteiger partial charge in [0.15, 0.2) is 0 Å². The minimum absolute atomic E-state index is 0.344. The van der Waals surface area contributed by atoms with E-state index >= 15 is 0 Å². The molecule has 92 valence electrons. The molecule has 0 amide bonds. The maximum Gasteiger partial charge on any atom is 0.147 e. The van der Waals surface area contributed by atoms with Crippen LogP contribution < -0.4 is 10.6 Å². The lowest BCUT2D eigenvalue weighted by Gasteiger charge is -2.20. The quantitative estimate of drug-likeness (QED) is 0.854. The molecule has 3 rings (SSSR count). The molecule has 1 aromatic rings. The molecule has 3 unspecified atom stereocenters. The van der Waals surface area contributed by atoms with Crippen molar-refractivity contribution in [2.45, 2.75) is 18.9 Å². The minimum atomic E-state index is 0.344. The van der Waals surface area contributed by atoms with E-state index in [2.05, 4.69) is 9.88 Å². The molecule has 5 heteroatoms. The van der Waals surface area contributed by atoms with Gasteiger partial charge in [-0.15, -0.1) is 0 Å². The molecule has 17 heavy (non-hydrogen) atoms. The van der Waals surface area contributed by atoms with E-state index in [4.69, 9.17) is 28.9 Å². The second kappa shape index (κ2) is 4.30. The van der Waals surface area contributed by atoms with E-state index in [0.29, 0.717) is 27.9 Å². The SMILES string of the molecule is NC1CCC2CN(c3ncc(Cl)cc3Cl)CC12. The molecular formula is C12H15Cl2N3. The van der Waals surface area contributed by atoms with Gasteiger partial charge < -0.3 is 10.6 Å². The van der Waals surface area contributed by atoms with Crippen LogP contribution in [0.1, 0.15) is 12.8 Å². The highest BCUT2D eigenvalue weighted by Gasteiger charge is 2.41. The Morgan fingerprint density at radius 1 is 1.29 bits per heavy atom. The summed E-state index contributed by atoms with van der Waals surface area (Å²) in [7, 11) is 0. The van der Waals surface area contributed by atoms with Crippen LogP contribution in [0, 0.1) is 11.8 Å². The van der Waals surface area contributed by atoms with Crippen molar-refractivity contribution in [2.24, 2.45) is 17.6 Å². The fourth-order valence-electron chi connectivity index (χ4n) is 3.12. The first kappa shape index (κ1) is 11.6. The number of fused-ring (bicyclic) bond motifs is 1. The smallest absolute Gasteiger partial charge is 0.147 e. The summed E-state index contributed by atoms with van der Waals surface area (Å²) in [5.74, 6) is 2.15. The average molecular weight is 272 g/mol. The van der Waals surface area contributed by atoms with Crippen molar-refractivity contribution in [1.29, 1.82) is 0 Å². The van der Waals surface area contributed by atoms with Gasteiger partial charge in [0, 0.05) is 25.3 Å². The second-order valence-electron chi connectivity index (χ2n) is 5.03. The summed E-state index contributed by atoms with van der Waals surface area (Å²) in [6.45, 7) is 1.99. The summed E-state index contributed by atoms with van der Waals surface area (Å²) in [4.78, 5) is 6.58. The van der Waals surface area contributed by atoms with E-state index in [1.54, 1.807) is 12.3 Å². The number of hydrogen-bond donors (Lipinski definition) is 1. The molecule has 2 aliphatic rings. The summed E-state index contributed by atoms with van der Waals surface area (Å²) < 4.78 is 0. The third-order valence-electron chi connectivity index (χ3n) is 4.00. The number of nitrogens with two attached hydrogens (primary N) is 1. The van der Waals surface area contributed by atoms with E-state index in [1.807, 2.05) is 0 Å². The minimum Gasteiger partial charge on any atom is -0.355 e. The van der Waals surface area contributed by atoms with E-state index in [1.165, 1.54) is 6.42 Å². The predicted molar refractivity (Wildman–Crippen MR) is 70.7 cm³/mol. The van der Waals surface area contributed by atoms with Gasteiger partial charge >= 0.3 is 0 Å². The largest absolute Gasteiger partial charge is 0.355 e. The van der Waals surface area contributed by atoms with Crippen LogP contribution in [0.5, 0.6) is 0 Å². The highest BCUT2D eigenvalue weighted by Crippen LogP contribution is 2.40. The third kappa shape index (κ3) is 2.01. The molecular weight excluding hydrogens is 257 g/mol. The maximum atomic E-state index is 6.18. The molecule has 2 N–H and O–H groups in total. The Bertz CT molecular complexity index is 438. The van der Waals surface area contributed by atoms with Crippen molar-refractivity contribution in [1.82, 2.24) is 4.98 Å². The zero-order valence-corrected chi connectivity index (χ0v) is 11.0. The van der Waals surface area contributed by atoms with Gasteiger partial charge in [-0.2, -0.15) is 0 Å². The monoisotopic (exact) mass is 271 g/mol. The number of rotatable bonds is 1. The lowest BCUT2D eigenvalue weighted by Crippen LogP contribution is -2.30. The number of nitrogens with zero attached hydrogens (tertiary/aromatic N) is 2. The average Bonchev–Trinajstić information content (AvgIpc) is 2.81.